The van der Waals surface area contributed by atoms with Crippen LogP contribution in [0.4, 0.5) is 0 Å². The molecule has 2 bridgehead atoms. The van der Waals surface area contributed by atoms with Gasteiger partial charge < -0.3 is 9.47 Å². The lowest BCUT2D eigenvalue weighted by Crippen LogP contribution is -2.38. The van der Waals surface area contributed by atoms with Gasteiger partial charge in [0, 0.05) is 23.6 Å². The Balaban J connectivity index is 2.02. The Hall–Kier alpha value is -2.92. The number of nitrogens with zero attached hydrogens (tertiary/aromatic N) is 1. The zero-order valence-electron chi connectivity index (χ0n) is 20.1. The third-order valence-electron chi connectivity index (χ3n) is 6.01. The molecule has 4 rings (SSSR count). The number of ether oxygens (including phenoxy) is 2. The van der Waals surface area contributed by atoms with Gasteiger partial charge in [0.05, 0.1) is 12.8 Å². The second kappa shape index (κ2) is 11.8. The molecule has 2 aromatic carbocycles. The van der Waals surface area contributed by atoms with Gasteiger partial charge >= 0.3 is 11.9 Å². The Bertz CT molecular complexity index is 957. The molecule has 1 atom stereocenters. The van der Waals surface area contributed by atoms with E-state index in [1.807, 2.05) is 36.4 Å². The van der Waals surface area contributed by atoms with Crippen molar-refractivity contribution in [2.75, 3.05) is 6.54 Å². The number of fused-ring (bicyclic) bond motifs is 9. The molecule has 0 fully saturated rings. The number of benzene rings is 2. The Morgan fingerprint density at radius 1 is 0.879 bits per heavy atom. The van der Waals surface area contributed by atoms with Crippen molar-refractivity contribution in [2.24, 2.45) is 0 Å². The van der Waals surface area contributed by atoms with Crippen LogP contribution in [0.15, 0.2) is 60.7 Å². The summed E-state index contributed by atoms with van der Waals surface area (Å²) in [7, 11) is 0. The van der Waals surface area contributed by atoms with Gasteiger partial charge in [0.2, 0.25) is 0 Å². The van der Waals surface area contributed by atoms with Crippen molar-refractivity contribution in [1.29, 1.82) is 0 Å². The first kappa shape index (κ1) is 24.7. The summed E-state index contributed by atoms with van der Waals surface area (Å²) in [6, 6.07) is 16.9. The Kier molecular flexibility index (Phi) is 8.84. The topological polar surface area (TPSA) is 55.8 Å². The van der Waals surface area contributed by atoms with Crippen LogP contribution in [0.5, 0.6) is 5.75 Å². The predicted octanol–water partition coefficient (Wildman–Crippen LogP) is 5.63. The van der Waals surface area contributed by atoms with E-state index in [4.69, 9.17) is 9.47 Å². The Labute approximate surface area is 197 Å². The van der Waals surface area contributed by atoms with Crippen LogP contribution in [0.25, 0.3) is 0 Å². The summed E-state index contributed by atoms with van der Waals surface area (Å²) in [5.74, 6) is -0.0539. The van der Waals surface area contributed by atoms with Crippen molar-refractivity contribution in [3.8, 4) is 5.75 Å². The fraction of sp³-hybridized carbons (Fsp3) is 0.429. The molecule has 2 aliphatic heterocycles. The van der Waals surface area contributed by atoms with Gasteiger partial charge in [-0.3, -0.25) is 14.5 Å². The van der Waals surface area contributed by atoms with E-state index >= 15 is 0 Å². The van der Waals surface area contributed by atoms with Crippen molar-refractivity contribution >= 4 is 11.9 Å². The van der Waals surface area contributed by atoms with E-state index in [-0.39, 0.29) is 37.3 Å². The number of carbonyl (C=O) groups excluding carboxylic acids is 2. The van der Waals surface area contributed by atoms with Gasteiger partial charge in [-0.15, -0.1) is 0 Å². The van der Waals surface area contributed by atoms with Crippen LogP contribution in [0, 0.1) is 0 Å². The molecule has 5 heteroatoms. The molecule has 176 valence electrons. The van der Waals surface area contributed by atoms with Gasteiger partial charge in [0.1, 0.15) is 12.4 Å². The van der Waals surface area contributed by atoms with E-state index in [1.54, 1.807) is 12.2 Å². The molecular formula is C28H35NO4. The SMILES string of the molecule is CC(C)N(CCC(c1ccccc1)c1cc2ccc1OC(=O)C/C=C/CC(=O)OC2)C(C)C. The van der Waals surface area contributed by atoms with E-state index in [1.165, 1.54) is 5.56 Å². The minimum Gasteiger partial charge on any atom is -0.461 e. The smallest absolute Gasteiger partial charge is 0.315 e. The Morgan fingerprint density at radius 2 is 1.55 bits per heavy atom. The minimum absolute atomic E-state index is 0.0327. The average Bonchev–Trinajstić information content (AvgIpc) is 2.80. The number of carbonyl (C=O) groups is 2. The van der Waals surface area contributed by atoms with E-state index in [9.17, 15) is 9.59 Å². The molecule has 0 aliphatic carbocycles. The molecule has 0 radical (unpaired) electrons. The van der Waals surface area contributed by atoms with Crippen molar-refractivity contribution in [3.63, 3.8) is 0 Å². The molecule has 2 heterocycles. The van der Waals surface area contributed by atoms with E-state index in [2.05, 4.69) is 44.7 Å². The number of hydrogen-bond acceptors (Lipinski definition) is 5. The molecule has 0 aromatic heterocycles. The monoisotopic (exact) mass is 449 g/mol. The van der Waals surface area contributed by atoms with Gasteiger partial charge in [0.15, 0.2) is 0 Å². The molecule has 0 saturated carbocycles. The Morgan fingerprint density at radius 3 is 2.21 bits per heavy atom. The van der Waals surface area contributed by atoms with Crippen LogP contribution < -0.4 is 4.74 Å². The second-order valence-electron chi connectivity index (χ2n) is 9.06. The first-order valence-electron chi connectivity index (χ1n) is 11.8. The fourth-order valence-corrected chi connectivity index (χ4v) is 4.38. The van der Waals surface area contributed by atoms with Crippen molar-refractivity contribution in [2.45, 2.75) is 71.6 Å². The maximum Gasteiger partial charge on any atom is 0.315 e. The number of esters is 2. The molecule has 0 amide bonds. The third-order valence-corrected chi connectivity index (χ3v) is 6.01. The molecule has 0 N–H and O–H groups in total. The van der Waals surface area contributed by atoms with Gasteiger partial charge in [-0.1, -0.05) is 48.6 Å². The van der Waals surface area contributed by atoms with E-state index in [0.29, 0.717) is 17.8 Å². The highest BCUT2D eigenvalue weighted by molar-refractivity contribution is 5.75. The van der Waals surface area contributed by atoms with Crippen LogP contribution >= 0.6 is 0 Å². The molecular weight excluding hydrogens is 414 g/mol. The lowest BCUT2D eigenvalue weighted by atomic mass is 9.86. The van der Waals surface area contributed by atoms with Gasteiger partial charge in [-0.2, -0.15) is 0 Å². The molecule has 5 nitrogen and oxygen atoms in total. The molecule has 0 spiro atoms. The highest BCUT2D eigenvalue weighted by atomic mass is 16.5. The first-order valence-corrected chi connectivity index (χ1v) is 11.8. The third kappa shape index (κ3) is 7.03. The summed E-state index contributed by atoms with van der Waals surface area (Å²) in [5, 5.41) is 0. The molecule has 2 aliphatic rings. The highest BCUT2D eigenvalue weighted by Gasteiger charge is 2.23. The highest BCUT2D eigenvalue weighted by Crippen LogP contribution is 2.36. The van der Waals surface area contributed by atoms with Gasteiger partial charge in [0.25, 0.3) is 0 Å². The minimum atomic E-state index is -0.342. The zero-order valence-corrected chi connectivity index (χ0v) is 20.1. The lowest BCUT2D eigenvalue weighted by Gasteiger charge is -2.32. The standard InChI is InChI=1S/C28H35NO4/c1-20(2)29(21(3)4)17-16-24(23-10-6-5-7-11-23)25-18-22-14-15-26(25)33-28(31)13-9-8-12-27(30)32-19-22/h5-11,14-15,18,20-21,24H,12-13,16-17,19H2,1-4H3/b9-8+. The quantitative estimate of drug-likeness (QED) is 0.312. The van der Waals surface area contributed by atoms with Crippen molar-refractivity contribution < 1.29 is 19.1 Å². The molecule has 1 unspecified atom stereocenters. The largest absolute Gasteiger partial charge is 0.461 e. The summed E-state index contributed by atoms with van der Waals surface area (Å²) in [6.07, 6.45) is 4.43. The lowest BCUT2D eigenvalue weighted by molar-refractivity contribution is -0.144. The summed E-state index contributed by atoms with van der Waals surface area (Å²) in [4.78, 5) is 27.0. The summed E-state index contributed by atoms with van der Waals surface area (Å²) in [5.41, 5.74) is 2.99. The molecule has 33 heavy (non-hydrogen) atoms. The predicted molar refractivity (Wildman–Crippen MR) is 130 cm³/mol. The number of rotatable bonds is 7. The van der Waals surface area contributed by atoms with Crippen LogP contribution in [0.3, 0.4) is 0 Å². The van der Waals surface area contributed by atoms with Crippen molar-refractivity contribution in [3.05, 3.63) is 77.4 Å². The summed E-state index contributed by atoms with van der Waals surface area (Å²) < 4.78 is 11.3. The first-order chi connectivity index (χ1) is 15.8. The average molecular weight is 450 g/mol. The molecule has 2 aromatic rings. The fourth-order valence-electron chi connectivity index (χ4n) is 4.38. The van der Waals surface area contributed by atoms with E-state index in [0.717, 1.165) is 24.1 Å². The maximum absolute atomic E-state index is 12.5. The zero-order chi connectivity index (χ0) is 23.8. The van der Waals surface area contributed by atoms with Gasteiger partial charge in [-0.25, -0.2) is 0 Å². The molecule has 0 saturated heterocycles. The van der Waals surface area contributed by atoms with E-state index < -0.39 is 0 Å². The van der Waals surface area contributed by atoms with Gasteiger partial charge in [-0.05, 0) is 63.9 Å². The van der Waals surface area contributed by atoms with Crippen LogP contribution in [-0.2, 0) is 20.9 Å². The summed E-state index contributed by atoms with van der Waals surface area (Å²) >= 11 is 0. The number of hydrogen-bond donors (Lipinski definition) is 0. The normalized spacial score (nSPS) is 16.7. The maximum atomic E-state index is 12.5. The summed E-state index contributed by atoms with van der Waals surface area (Å²) in [6.45, 7) is 9.97. The second-order valence-corrected chi connectivity index (χ2v) is 9.06. The van der Waals surface area contributed by atoms with Crippen LogP contribution in [0.1, 0.15) is 69.6 Å². The van der Waals surface area contributed by atoms with Crippen LogP contribution in [0.2, 0.25) is 0 Å². The van der Waals surface area contributed by atoms with Crippen molar-refractivity contribution in [1.82, 2.24) is 4.90 Å². The van der Waals surface area contributed by atoms with Crippen LogP contribution in [-0.4, -0.2) is 35.5 Å².